The van der Waals surface area contributed by atoms with E-state index in [9.17, 15) is 9.59 Å². The van der Waals surface area contributed by atoms with Crippen LogP contribution in [0.5, 0.6) is 0 Å². The Morgan fingerprint density at radius 1 is 1.27 bits per heavy atom. The zero-order chi connectivity index (χ0) is 15.9. The zero-order valence-electron chi connectivity index (χ0n) is 12.7. The number of rotatable bonds is 7. The molecule has 5 nitrogen and oxygen atoms in total. The van der Waals surface area contributed by atoms with Gasteiger partial charge in [-0.25, -0.2) is 0 Å². The molecule has 0 aliphatic rings. The molecule has 0 unspecified atom stereocenters. The zero-order valence-corrected chi connectivity index (χ0v) is 13.5. The molecule has 0 aliphatic carbocycles. The Morgan fingerprint density at radius 3 is 2.68 bits per heavy atom. The van der Waals surface area contributed by atoms with Crippen molar-refractivity contribution in [3.05, 3.63) is 46.5 Å². The van der Waals surface area contributed by atoms with Crippen molar-refractivity contribution in [1.82, 2.24) is 10.6 Å². The van der Waals surface area contributed by atoms with Crippen LogP contribution in [0, 0.1) is 5.92 Å². The molecule has 0 bridgehead atoms. The number of nitrogens with one attached hydrogen (secondary N) is 2. The summed E-state index contributed by atoms with van der Waals surface area (Å²) < 4.78 is 4.99. The Hall–Kier alpha value is -2.08. The van der Waals surface area contributed by atoms with Crippen LogP contribution in [-0.2, 0) is 4.79 Å². The number of carbonyl (C=O) groups is 2. The molecule has 0 saturated heterocycles. The second-order valence-corrected chi connectivity index (χ2v) is 6.27. The highest BCUT2D eigenvalue weighted by atomic mass is 32.1. The molecule has 0 spiro atoms. The molecule has 0 aromatic carbocycles. The van der Waals surface area contributed by atoms with Crippen molar-refractivity contribution in [3.63, 3.8) is 0 Å². The van der Waals surface area contributed by atoms with Gasteiger partial charge in [0.2, 0.25) is 5.91 Å². The molecule has 0 saturated carbocycles. The first-order valence-corrected chi connectivity index (χ1v) is 8.10. The van der Waals surface area contributed by atoms with Gasteiger partial charge in [-0.15, -0.1) is 11.3 Å². The summed E-state index contributed by atoms with van der Waals surface area (Å²) in [5.41, 5.74) is 0. The minimum Gasteiger partial charge on any atom is -0.459 e. The molecule has 2 amide bonds. The first-order chi connectivity index (χ1) is 10.6. The molecule has 0 aliphatic heterocycles. The predicted molar refractivity (Wildman–Crippen MR) is 85.7 cm³/mol. The van der Waals surface area contributed by atoms with E-state index in [0.29, 0.717) is 5.92 Å². The highest BCUT2D eigenvalue weighted by Crippen LogP contribution is 2.25. The summed E-state index contributed by atoms with van der Waals surface area (Å²) in [5.74, 6) is 0.169. The van der Waals surface area contributed by atoms with Crippen LogP contribution in [0.3, 0.4) is 0 Å². The third-order valence-corrected chi connectivity index (χ3v) is 4.17. The number of carbonyl (C=O) groups excluding carboxylic acids is 2. The van der Waals surface area contributed by atoms with Gasteiger partial charge in [-0.2, -0.15) is 0 Å². The van der Waals surface area contributed by atoms with Crippen molar-refractivity contribution in [2.75, 3.05) is 6.54 Å². The lowest BCUT2D eigenvalue weighted by molar-refractivity contribution is -0.122. The maximum Gasteiger partial charge on any atom is 0.286 e. The summed E-state index contributed by atoms with van der Waals surface area (Å²) in [6.07, 6.45) is 1.68. The van der Waals surface area contributed by atoms with Gasteiger partial charge in [0.1, 0.15) is 0 Å². The molecule has 2 rings (SSSR count). The highest BCUT2D eigenvalue weighted by Gasteiger charge is 2.19. The van der Waals surface area contributed by atoms with Crippen LogP contribution in [0.4, 0.5) is 0 Å². The number of amides is 2. The summed E-state index contributed by atoms with van der Waals surface area (Å²) in [6.45, 7) is 4.42. The van der Waals surface area contributed by atoms with E-state index in [2.05, 4.69) is 24.5 Å². The minimum absolute atomic E-state index is 0.00766. The molecule has 22 heavy (non-hydrogen) atoms. The van der Waals surface area contributed by atoms with Gasteiger partial charge in [-0.3, -0.25) is 9.59 Å². The smallest absolute Gasteiger partial charge is 0.286 e. The fourth-order valence-electron chi connectivity index (χ4n) is 2.06. The minimum atomic E-state index is -0.309. The van der Waals surface area contributed by atoms with E-state index in [1.54, 1.807) is 23.5 Å². The molecular formula is C16H20N2O3S. The molecule has 2 aromatic heterocycles. The predicted octanol–water partition coefficient (Wildman–Crippen LogP) is 2.97. The van der Waals surface area contributed by atoms with Crippen LogP contribution in [-0.4, -0.2) is 18.4 Å². The van der Waals surface area contributed by atoms with Gasteiger partial charge in [0, 0.05) is 17.8 Å². The summed E-state index contributed by atoms with van der Waals surface area (Å²) in [6, 6.07) is 7.24. The highest BCUT2D eigenvalue weighted by molar-refractivity contribution is 7.10. The Bertz CT molecular complexity index is 591. The van der Waals surface area contributed by atoms with Crippen LogP contribution in [0.1, 0.15) is 41.7 Å². The van der Waals surface area contributed by atoms with Gasteiger partial charge >= 0.3 is 0 Å². The quantitative estimate of drug-likeness (QED) is 0.824. The van der Waals surface area contributed by atoms with Crippen molar-refractivity contribution in [2.24, 2.45) is 5.92 Å². The lowest BCUT2D eigenvalue weighted by Gasteiger charge is -2.21. The Labute approximate surface area is 133 Å². The largest absolute Gasteiger partial charge is 0.459 e. The first kappa shape index (κ1) is 16.3. The third-order valence-electron chi connectivity index (χ3n) is 3.22. The van der Waals surface area contributed by atoms with Crippen molar-refractivity contribution in [2.45, 2.75) is 26.3 Å². The van der Waals surface area contributed by atoms with Crippen molar-refractivity contribution in [3.8, 4) is 0 Å². The van der Waals surface area contributed by atoms with Gasteiger partial charge in [-0.1, -0.05) is 19.9 Å². The molecule has 2 N–H and O–H groups in total. The lowest BCUT2D eigenvalue weighted by atomic mass is 10.0. The third kappa shape index (κ3) is 4.46. The lowest BCUT2D eigenvalue weighted by Crippen LogP contribution is -2.34. The van der Waals surface area contributed by atoms with E-state index in [4.69, 9.17) is 4.42 Å². The van der Waals surface area contributed by atoms with Gasteiger partial charge in [0.25, 0.3) is 5.91 Å². The fourth-order valence-corrected chi connectivity index (χ4v) is 3.01. The van der Waals surface area contributed by atoms with Crippen molar-refractivity contribution >= 4 is 23.2 Å². The average Bonchev–Trinajstić information content (AvgIpc) is 3.17. The van der Waals surface area contributed by atoms with E-state index in [1.165, 1.54) is 6.26 Å². The summed E-state index contributed by atoms with van der Waals surface area (Å²) in [5, 5.41) is 7.69. The van der Waals surface area contributed by atoms with Crippen molar-refractivity contribution in [1.29, 1.82) is 0 Å². The van der Waals surface area contributed by atoms with Gasteiger partial charge in [-0.05, 0) is 29.5 Å². The molecule has 2 heterocycles. The van der Waals surface area contributed by atoms with Crippen molar-refractivity contribution < 1.29 is 14.0 Å². The monoisotopic (exact) mass is 320 g/mol. The Morgan fingerprint density at radius 2 is 2.09 bits per heavy atom. The number of hydrogen-bond donors (Lipinski definition) is 2. The second-order valence-electron chi connectivity index (χ2n) is 5.29. The maximum absolute atomic E-state index is 12.0. The van der Waals surface area contributed by atoms with Crippen LogP contribution < -0.4 is 10.6 Å². The van der Waals surface area contributed by atoms with E-state index < -0.39 is 0 Å². The summed E-state index contributed by atoms with van der Waals surface area (Å²) in [4.78, 5) is 24.9. The molecule has 2 aromatic rings. The molecular weight excluding hydrogens is 300 g/mol. The van der Waals surface area contributed by atoms with Crippen LogP contribution in [0.15, 0.2) is 40.3 Å². The van der Waals surface area contributed by atoms with Crippen LogP contribution in [0.2, 0.25) is 0 Å². The molecule has 0 fully saturated rings. The van der Waals surface area contributed by atoms with Gasteiger partial charge < -0.3 is 15.1 Å². The average molecular weight is 320 g/mol. The normalized spacial score (nSPS) is 12.1. The number of thiophene rings is 1. The van der Waals surface area contributed by atoms with E-state index in [-0.39, 0.29) is 36.6 Å². The van der Waals surface area contributed by atoms with Gasteiger partial charge in [0.05, 0.1) is 12.3 Å². The SMILES string of the molecule is CC(C)[C@@H](NC(=O)CCNC(=O)c1ccco1)c1cccs1. The van der Waals surface area contributed by atoms with E-state index >= 15 is 0 Å². The second kappa shape index (κ2) is 7.79. The molecule has 118 valence electrons. The van der Waals surface area contributed by atoms with Crippen LogP contribution in [0.25, 0.3) is 0 Å². The molecule has 0 radical (unpaired) electrons. The molecule has 1 atom stereocenters. The Balaban J connectivity index is 1.78. The summed E-state index contributed by atoms with van der Waals surface area (Å²) >= 11 is 1.63. The Kier molecular flexibility index (Phi) is 5.77. The summed E-state index contributed by atoms with van der Waals surface area (Å²) in [7, 11) is 0. The standard InChI is InChI=1S/C16H20N2O3S/c1-11(2)15(13-6-4-10-22-13)18-14(19)7-8-17-16(20)12-5-3-9-21-12/h3-6,9-11,15H,7-8H2,1-2H3,(H,17,20)(H,18,19)/t15-/m1/s1. The fraction of sp³-hybridized carbons (Fsp3) is 0.375. The van der Waals surface area contributed by atoms with Crippen LogP contribution >= 0.6 is 11.3 Å². The van der Waals surface area contributed by atoms with E-state index in [0.717, 1.165) is 4.88 Å². The maximum atomic E-state index is 12.0. The van der Waals surface area contributed by atoms with Gasteiger partial charge in [0.15, 0.2) is 5.76 Å². The first-order valence-electron chi connectivity index (χ1n) is 7.22. The topological polar surface area (TPSA) is 71.3 Å². The molecule has 6 heteroatoms. The number of furan rings is 1. The van der Waals surface area contributed by atoms with E-state index in [1.807, 2.05) is 17.5 Å². The number of hydrogen-bond acceptors (Lipinski definition) is 4.